The molecule has 1 aliphatic heterocycles. The van der Waals surface area contributed by atoms with Crippen molar-refractivity contribution in [2.75, 3.05) is 13.3 Å². The number of Topliss-reactive ketones (excluding diaryl/α,β-unsaturated/α-hetero) is 1. The summed E-state index contributed by atoms with van der Waals surface area (Å²) in [6.07, 6.45) is 0.900. The summed E-state index contributed by atoms with van der Waals surface area (Å²) in [6.45, 7) is -2.99. The van der Waals surface area contributed by atoms with Gasteiger partial charge in [0.2, 0.25) is 0 Å². The zero-order chi connectivity index (χ0) is 21.2. The van der Waals surface area contributed by atoms with Crippen molar-refractivity contribution >= 4 is 11.8 Å². The van der Waals surface area contributed by atoms with E-state index in [9.17, 15) is 22.4 Å². The van der Waals surface area contributed by atoms with Gasteiger partial charge in [0.05, 0.1) is 5.56 Å². The van der Waals surface area contributed by atoms with Crippen LogP contribution in [0.4, 0.5) is 17.6 Å². The number of carbonyl (C=O) groups is 1. The number of nitriles is 1. The van der Waals surface area contributed by atoms with Crippen LogP contribution in [-0.2, 0) is 16.7 Å². The Hall–Kier alpha value is -3.48. The fourth-order valence-corrected chi connectivity index (χ4v) is 2.94. The third-order valence-corrected chi connectivity index (χ3v) is 4.52. The van der Waals surface area contributed by atoms with E-state index in [0.717, 1.165) is 12.1 Å². The smallest absolute Gasteiger partial charge is 0.313 e. The molecule has 6 nitrogen and oxygen atoms in total. The number of aliphatic imine (C=N–C) groups is 1. The van der Waals surface area contributed by atoms with Crippen molar-refractivity contribution in [3.63, 3.8) is 0 Å². The lowest BCUT2D eigenvalue weighted by molar-refractivity contribution is -0.129. The summed E-state index contributed by atoms with van der Waals surface area (Å²) in [5.41, 5.74) is 2.15. The number of halogens is 4. The highest BCUT2D eigenvalue weighted by Gasteiger charge is 2.60. The van der Waals surface area contributed by atoms with E-state index in [4.69, 9.17) is 11.0 Å². The lowest BCUT2D eigenvalue weighted by atomic mass is 9.83. The number of amidine groups is 1. The van der Waals surface area contributed by atoms with Crippen molar-refractivity contribution < 1.29 is 27.1 Å². The van der Waals surface area contributed by atoms with Crippen LogP contribution in [-0.4, -0.2) is 36.0 Å². The van der Waals surface area contributed by atoms with E-state index in [0.29, 0.717) is 0 Å². The second-order valence-electron chi connectivity index (χ2n) is 6.40. The molecular weight excluding hydrogens is 392 g/mol. The second kappa shape index (κ2) is 7.50. The molecule has 0 saturated heterocycles. The number of hydrogen-bond acceptors (Lipinski definition) is 6. The predicted molar refractivity (Wildman–Crippen MR) is 93.6 cm³/mol. The van der Waals surface area contributed by atoms with Crippen molar-refractivity contribution in [3.8, 4) is 6.07 Å². The van der Waals surface area contributed by atoms with Crippen LogP contribution in [0.3, 0.4) is 0 Å². The molecule has 1 aromatic carbocycles. The minimum absolute atomic E-state index is 0.0359. The summed E-state index contributed by atoms with van der Waals surface area (Å²) in [7, 11) is 0. The van der Waals surface area contributed by atoms with Gasteiger partial charge in [0.15, 0.2) is 17.9 Å². The molecule has 0 spiro atoms. The number of hydrogen-bond donors (Lipinski definition) is 1. The van der Waals surface area contributed by atoms with Crippen molar-refractivity contribution in [2.24, 2.45) is 10.7 Å². The summed E-state index contributed by atoms with van der Waals surface area (Å²) < 4.78 is 61.7. The molecule has 1 atom stereocenters. The molecule has 0 fully saturated rings. The fraction of sp³-hybridized carbons (Fsp3) is 0.263. The second-order valence-corrected chi connectivity index (χ2v) is 6.40. The van der Waals surface area contributed by atoms with Gasteiger partial charge in [-0.05, 0) is 29.8 Å². The number of carbonyl (C=O) groups excluding carboxylic acids is 1. The van der Waals surface area contributed by atoms with Crippen molar-refractivity contribution in [2.45, 2.75) is 17.9 Å². The standard InChI is InChI=1S/C19H14F4N4O2/c20-9-18(19(22,23)10-29-17(25)27-18)13-5-11(1-3-14(13)21)6-16(28)15-4-2-12(7-24)8-26-15/h1-5,8H,6,9-10H2,(H2,25,27)/t18-/m1/s1. The van der Waals surface area contributed by atoms with Crippen molar-refractivity contribution in [1.82, 2.24) is 4.98 Å². The maximum absolute atomic E-state index is 14.5. The Balaban J connectivity index is 1.98. The first kappa shape index (κ1) is 20.3. The minimum Gasteiger partial charge on any atom is -0.459 e. The van der Waals surface area contributed by atoms with E-state index in [1.165, 1.54) is 24.4 Å². The maximum Gasteiger partial charge on any atom is 0.313 e. The Kier molecular flexibility index (Phi) is 5.24. The van der Waals surface area contributed by atoms with Crippen LogP contribution in [0.25, 0.3) is 0 Å². The van der Waals surface area contributed by atoms with Gasteiger partial charge in [0.25, 0.3) is 6.02 Å². The molecule has 0 unspecified atom stereocenters. The number of nitrogens with two attached hydrogens (primary N) is 1. The summed E-state index contributed by atoms with van der Waals surface area (Å²) in [5.74, 6) is -5.49. The fourth-order valence-electron chi connectivity index (χ4n) is 2.94. The molecule has 2 aromatic rings. The van der Waals surface area contributed by atoms with E-state index in [1.54, 1.807) is 0 Å². The highest BCUT2D eigenvalue weighted by atomic mass is 19.3. The van der Waals surface area contributed by atoms with Crippen molar-refractivity contribution in [1.29, 1.82) is 5.26 Å². The van der Waals surface area contributed by atoms with Crippen LogP contribution >= 0.6 is 0 Å². The number of benzene rings is 1. The molecule has 0 radical (unpaired) electrons. The monoisotopic (exact) mass is 406 g/mol. The Labute approximate surface area is 162 Å². The van der Waals surface area contributed by atoms with Crippen LogP contribution in [0.5, 0.6) is 0 Å². The number of rotatable bonds is 5. The molecule has 3 rings (SSSR count). The topological polar surface area (TPSA) is 101 Å². The lowest BCUT2D eigenvalue weighted by Crippen LogP contribution is -2.54. The van der Waals surface area contributed by atoms with E-state index in [1.807, 2.05) is 6.07 Å². The summed E-state index contributed by atoms with van der Waals surface area (Å²) in [6, 6.07) is 6.96. The Morgan fingerprint density at radius 2 is 2.07 bits per heavy atom. The Bertz CT molecular complexity index is 1020. The average molecular weight is 406 g/mol. The van der Waals surface area contributed by atoms with Crippen LogP contribution in [0.2, 0.25) is 0 Å². The molecule has 0 saturated carbocycles. The van der Waals surface area contributed by atoms with Gasteiger partial charge >= 0.3 is 5.92 Å². The molecule has 0 amide bonds. The van der Waals surface area contributed by atoms with E-state index >= 15 is 0 Å². The summed E-state index contributed by atoms with van der Waals surface area (Å²) in [4.78, 5) is 19.6. The number of alkyl halides is 3. The van der Waals surface area contributed by atoms with Gasteiger partial charge < -0.3 is 10.5 Å². The molecule has 29 heavy (non-hydrogen) atoms. The maximum atomic E-state index is 14.5. The Morgan fingerprint density at radius 3 is 2.69 bits per heavy atom. The number of ether oxygens (including phenoxy) is 1. The highest BCUT2D eigenvalue weighted by molar-refractivity contribution is 5.95. The van der Waals surface area contributed by atoms with Crippen LogP contribution < -0.4 is 5.73 Å². The van der Waals surface area contributed by atoms with Gasteiger partial charge in [-0.2, -0.15) is 14.0 Å². The summed E-state index contributed by atoms with van der Waals surface area (Å²) in [5, 5.41) is 8.76. The lowest BCUT2D eigenvalue weighted by Gasteiger charge is -2.38. The largest absolute Gasteiger partial charge is 0.459 e. The van der Waals surface area contributed by atoms with E-state index < -0.39 is 47.9 Å². The molecule has 150 valence electrons. The average Bonchev–Trinajstić information content (AvgIpc) is 2.71. The number of nitrogens with zero attached hydrogens (tertiary/aromatic N) is 3. The normalized spacial score (nSPS) is 20.3. The van der Waals surface area contributed by atoms with Gasteiger partial charge in [-0.25, -0.2) is 13.8 Å². The molecule has 0 aliphatic carbocycles. The molecule has 1 aliphatic rings. The molecule has 10 heteroatoms. The van der Waals surface area contributed by atoms with Crippen LogP contribution in [0.15, 0.2) is 41.5 Å². The van der Waals surface area contributed by atoms with Gasteiger partial charge in [0.1, 0.15) is 24.3 Å². The first-order valence-corrected chi connectivity index (χ1v) is 8.32. The van der Waals surface area contributed by atoms with Crippen LogP contribution in [0.1, 0.15) is 27.2 Å². The number of aromatic nitrogens is 1. The van der Waals surface area contributed by atoms with E-state index in [-0.39, 0.29) is 23.2 Å². The quantitative estimate of drug-likeness (QED) is 0.608. The first-order valence-electron chi connectivity index (χ1n) is 8.32. The van der Waals surface area contributed by atoms with Crippen molar-refractivity contribution in [3.05, 3.63) is 64.7 Å². The zero-order valence-electron chi connectivity index (χ0n) is 14.8. The van der Waals surface area contributed by atoms with Gasteiger partial charge in [-0.1, -0.05) is 6.07 Å². The van der Waals surface area contributed by atoms with Gasteiger partial charge in [-0.15, -0.1) is 0 Å². The Morgan fingerprint density at radius 1 is 1.31 bits per heavy atom. The highest BCUT2D eigenvalue weighted by Crippen LogP contribution is 2.45. The minimum atomic E-state index is -3.87. The zero-order valence-corrected chi connectivity index (χ0v) is 14.8. The van der Waals surface area contributed by atoms with Gasteiger partial charge in [-0.3, -0.25) is 9.78 Å². The van der Waals surface area contributed by atoms with Gasteiger partial charge in [0, 0.05) is 18.2 Å². The third kappa shape index (κ3) is 3.63. The third-order valence-electron chi connectivity index (χ3n) is 4.52. The molecule has 0 bridgehead atoms. The SMILES string of the molecule is N#Cc1ccc(C(=O)Cc2ccc(F)c([C@@]3(CF)N=C(N)OCC3(F)F)c2)nc1. The molecule has 2 N–H and O–H groups in total. The molecule has 1 aromatic heterocycles. The van der Waals surface area contributed by atoms with E-state index in [2.05, 4.69) is 14.7 Å². The predicted octanol–water partition coefficient (Wildman–Crippen LogP) is 2.66. The number of pyridine rings is 1. The number of ketones is 1. The van der Waals surface area contributed by atoms with Crippen LogP contribution in [0, 0.1) is 17.1 Å². The molecular formula is C19H14F4N4O2. The molecule has 2 heterocycles. The first-order chi connectivity index (χ1) is 13.7. The summed E-state index contributed by atoms with van der Waals surface area (Å²) >= 11 is 0.